The van der Waals surface area contributed by atoms with Crippen LogP contribution in [0.15, 0.2) is 120 Å². The van der Waals surface area contributed by atoms with E-state index in [9.17, 15) is 0 Å². The highest BCUT2D eigenvalue weighted by atomic mass is 16.3. The number of nitrogens with one attached hydrogen (secondary N) is 1. The molecule has 0 fully saturated rings. The number of rotatable bonds is 0. The lowest BCUT2D eigenvalue weighted by atomic mass is 9.49. The Kier molecular flexibility index (Phi) is 3.23. The Hall–Kier alpha value is -4.82. The monoisotopic (exact) mass is 483 g/mol. The van der Waals surface area contributed by atoms with Crippen LogP contribution in [0.3, 0.4) is 0 Å². The molecule has 2 bridgehead atoms. The molecule has 2 heterocycles. The number of furan rings is 1. The number of hydrogen-bond donors (Lipinski definition) is 1. The van der Waals surface area contributed by atoms with E-state index in [-0.39, 0.29) is 5.92 Å². The third-order valence-electron chi connectivity index (χ3n) is 9.28. The second kappa shape index (κ2) is 6.35. The van der Waals surface area contributed by atoms with Crippen molar-refractivity contribution < 1.29 is 4.42 Å². The molecular weight excluding hydrogens is 462 g/mol. The van der Waals surface area contributed by atoms with Gasteiger partial charge in [0, 0.05) is 28.1 Å². The van der Waals surface area contributed by atoms with E-state index in [2.05, 4.69) is 115 Å². The number of para-hydroxylation sites is 1. The van der Waals surface area contributed by atoms with Crippen molar-refractivity contribution in [3.05, 3.63) is 154 Å². The van der Waals surface area contributed by atoms with Crippen LogP contribution in [-0.2, 0) is 5.41 Å². The fourth-order valence-electron chi connectivity index (χ4n) is 7.92. The summed E-state index contributed by atoms with van der Waals surface area (Å²) in [7, 11) is 0. The summed E-state index contributed by atoms with van der Waals surface area (Å²) in [5.41, 5.74) is 13.5. The number of fused-ring (bicyclic) bond motifs is 5. The molecule has 2 nitrogen and oxygen atoms in total. The molecule has 6 aromatic carbocycles. The number of anilines is 2. The van der Waals surface area contributed by atoms with Gasteiger partial charge in [-0.25, -0.2) is 0 Å². The average molecular weight is 484 g/mol. The Morgan fingerprint density at radius 3 is 2.26 bits per heavy atom. The van der Waals surface area contributed by atoms with Gasteiger partial charge in [0.2, 0.25) is 0 Å². The molecule has 4 aliphatic rings. The van der Waals surface area contributed by atoms with Gasteiger partial charge >= 0.3 is 0 Å². The van der Waals surface area contributed by atoms with Crippen LogP contribution in [-0.4, -0.2) is 0 Å². The first-order chi connectivity index (χ1) is 18.8. The van der Waals surface area contributed by atoms with Crippen LogP contribution in [0.25, 0.3) is 32.7 Å². The van der Waals surface area contributed by atoms with E-state index in [0.717, 1.165) is 27.6 Å². The maximum atomic E-state index is 6.47. The van der Waals surface area contributed by atoms with Crippen LogP contribution in [0, 0.1) is 0 Å². The van der Waals surface area contributed by atoms with Gasteiger partial charge < -0.3 is 9.73 Å². The van der Waals surface area contributed by atoms with Crippen LogP contribution < -0.4 is 5.32 Å². The summed E-state index contributed by atoms with van der Waals surface area (Å²) >= 11 is 0. The van der Waals surface area contributed by atoms with Crippen molar-refractivity contribution in [1.29, 1.82) is 0 Å². The molecule has 1 spiro atoms. The van der Waals surface area contributed by atoms with E-state index >= 15 is 0 Å². The summed E-state index contributed by atoms with van der Waals surface area (Å²) in [6.45, 7) is 0. The largest absolute Gasteiger partial charge is 0.456 e. The van der Waals surface area contributed by atoms with Crippen molar-refractivity contribution in [2.75, 3.05) is 5.32 Å². The summed E-state index contributed by atoms with van der Waals surface area (Å²) in [4.78, 5) is 0. The van der Waals surface area contributed by atoms with Crippen LogP contribution in [0.4, 0.5) is 11.4 Å². The smallest absolute Gasteiger partial charge is 0.135 e. The molecule has 38 heavy (non-hydrogen) atoms. The molecule has 3 aliphatic carbocycles. The minimum atomic E-state index is -0.412. The molecule has 2 atom stereocenters. The lowest BCUT2D eigenvalue weighted by molar-refractivity contribution is 0.624. The lowest BCUT2D eigenvalue weighted by Crippen LogP contribution is -2.45. The molecule has 11 rings (SSSR count). The van der Waals surface area contributed by atoms with Gasteiger partial charge in [-0.2, -0.15) is 0 Å². The molecule has 7 aromatic rings. The van der Waals surface area contributed by atoms with E-state index in [1.54, 1.807) is 0 Å². The summed E-state index contributed by atoms with van der Waals surface area (Å²) in [6, 6.07) is 42.6. The zero-order chi connectivity index (χ0) is 24.6. The van der Waals surface area contributed by atoms with Gasteiger partial charge in [0.05, 0.1) is 5.41 Å². The van der Waals surface area contributed by atoms with Crippen LogP contribution in [0.5, 0.6) is 0 Å². The first kappa shape index (κ1) is 19.3. The Morgan fingerprint density at radius 1 is 0.526 bits per heavy atom. The molecule has 1 aromatic heterocycles. The molecule has 0 amide bonds. The molecule has 1 N–H and O–H groups in total. The van der Waals surface area contributed by atoms with Gasteiger partial charge in [-0.05, 0) is 86.1 Å². The zero-order valence-electron chi connectivity index (χ0n) is 20.5. The van der Waals surface area contributed by atoms with Gasteiger partial charge in [-0.3, -0.25) is 0 Å². The summed E-state index contributed by atoms with van der Waals surface area (Å²) in [5, 5.41) is 8.76. The molecule has 176 valence electrons. The van der Waals surface area contributed by atoms with Gasteiger partial charge in [0.25, 0.3) is 0 Å². The van der Waals surface area contributed by atoms with Crippen molar-refractivity contribution in [3.63, 3.8) is 0 Å². The highest BCUT2D eigenvalue weighted by molar-refractivity contribution is 6.08. The predicted octanol–water partition coefficient (Wildman–Crippen LogP) is 8.99. The van der Waals surface area contributed by atoms with Crippen LogP contribution >= 0.6 is 0 Å². The van der Waals surface area contributed by atoms with E-state index in [4.69, 9.17) is 4.42 Å². The Bertz CT molecular complexity index is 2180. The minimum absolute atomic E-state index is 0.223. The SMILES string of the molecule is c1ccc2c(c1)C1c3cc4ccccc4cc3C23c2cc4oc5ccccc5c4cc2Nc2cccc1c23. The van der Waals surface area contributed by atoms with E-state index in [0.29, 0.717) is 0 Å². The zero-order valence-corrected chi connectivity index (χ0v) is 20.5. The second-order valence-electron chi connectivity index (χ2n) is 10.9. The maximum absolute atomic E-state index is 6.47. The fourth-order valence-corrected chi connectivity index (χ4v) is 7.92. The molecule has 2 heteroatoms. The first-order valence-corrected chi connectivity index (χ1v) is 13.3. The van der Waals surface area contributed by atoms with E-state index < -0.39 is 5.41 Å². The van der Waals surface area contributed by atoms with Gasteiger partial charge in [0.1, 0.15) is 11.2 Å². The first-order valence-electron chi connectivity index (χ1n) is 13.3. The van der Waals surface area contributed by atoms with E-state index in [1.807, 2.05) is 6.07 Å². The Labute approximate surface area is 219 Å². The molecule has 2 unspecified atom stereocenters. The molecule has 0 saturated carbocycles. The quantitative estimate of drug-likeness (QED) is 0.233. The van der Waals surface area contributed by atoms with Crippen LogP contribution in [0.1, 0.15) is 44.9 Å². The highest BCUT2D eigenvalue weighted by Gasteiger charge is 2.56. The maximum Gasteiger partial charge on any atom is 0.135 e. The van der Waals surface area contributed by atoms with Crippen LogP contribution in [0.2, 0.25) is 0 Å². The van der Waals surface area contributed by atoms with Gasteiger partial charge in [-0.15, -0.1) is 0 Å². The average Bonchev–Trinajstić information content (AvgIpc) is 3.33. The Balaban J connectivity index is 1.44. The topological polar surface area (TPSA) is 25.2 Å². The summed E-state index contributed by atoms with van der Waals surface area (Å²) in [5.74, 6) is 0.223. The minimum Gasteiger partial charge on any atom is -0.456 e. The van der Waals surface area contributed by atoms with Crippen molar-refractivity contribution in [1.82, 2.24) is 0 Å². The Morgan fingerprint density at radius 2 is 1.32 bits per heavy atom. The number of benzene rings is 6. The predicted molar refractivity (Wildman–Crippen MR) is 154 cm³/mol. The van der Waals surface area contributed by atoms with Crippen molar-refractivity contribution in [2.45, 2.75) is 11.3 Å². The van der Waals surface area contributed by atoms with Gasteiger partial charge in [0.15, 0.2) is 0 Å². The normalized spacial score (nSPS) is 19.6. The molecule has 0 radical (unpaired) electrons. The third kappa shape index (κ3) is 2.03. The van der Waals surface area contributed by atoms with Crippen molar-refractivity contribution in [3.8, 4) is 0 Å². The van der Waals surface area contributed by atoms with E-state index in [1.165, 1.54) is 55.4 Å². The van der Waals surface area contributed by atoms with Crippen molar-refractivity contribution in [2.24, 2.45) is 0 Å². The standard InChI is InChI=1S/C36H21NO/c1-2-9-21-17-28-26(16-20(21)8-1)34-23-11-3-5-13-27(23)36(28)29-19-33-25(22-10-4-6-15-32(22)38-33)18-31(29)37-30-14-7-12-24(34)35(30)36/h1-19,34,37H. The molecule has 1 aliphatic heterocycles. The van der Waals surface area contributed by atoms with Crippen molar-refractivity contribution >= 4 is 44.1 Å². The third-order valence-corrected chi connectivity index (χ3v) is 9.28. The fraction of sp³-hybridized carbons (Fsp3) is 0.0556. The number of hydrogen-bond acceptors (Lipinski definition) is 2. The summed E-state index contributed by atoms with van der Waals surface area (Å²) in [6.07, 6.45) is 0. The molecular formula is C36H21NO. The molecule has 0 saturated heterocycles. The lowest BCUT2D eigenvalue weighted by Gasteiger charge is -2.54. The van der Waals surface area contributed by atoms with Gasteiger partial charge in [-0.1, -0.05) is 78.9 Å². The summed E-state index contributed by atoms with van der Waals surface area (Å²) < 4.78 is 6.47. The second-order valence-corrected chi connectivity index (χ2v) is 10.9. The highest BCUT2D eigenvalue weighted by Crippen LogP contribution is 2.66.